The van der Waals surface area contributed by atoms with Crippen molar-refractivity contribution in [2.24, 2.45) is 0 Å². The summed E-state index contributed by atoms with van der Waals surface area (Å²) in [7, 11) is 3.84. The third-order valence-corrected chi connectivity index (χ3v) is 8.75. The number of benzene rings is 2. The molecule has 3 atom stereocenters. The highest BCUT2D eigenvalue weighted by Crippen LogP contribution is 2.57. The molecule has 6 rings (SSSR count). The molecule has 0 unspecified atom stereocenters. The third kappa shape index (κ3) is 4.18. The highest BCUT2D eigenvalue weighted by Gasteiger charge is 2.68. The molecule has 1 fully saturated rings. The molecule has 3 aliphatic rings. The van der Waals surface area contributed by atoms with Crippen LogP contribution in [-0.2, 0) is 42.2 Å². The number of hydrogen-bond donors (Lipinski definition) is 0. The number of carbonyl (C=O) groups is 4. The summed E-state index contributed by atoms with van der Waals surface area (Å²) < 4.78 is 23.6. The summed E-state index contributed by atoms with van der Waals surface area (Å²) >= 11 is 0. The first-order valence-corrected chi connectivity index (χ1v) is 14.5. The van der Waals surface area contributed by atoms with Crippen LogP contribution in [0, 0.1) is 0 Å². The standard InChI is InChI=1S/C32H36N4O8/c1-31(2,3)44-30(40)34-23-14-10-8-12-21(23)32(17-24(26(37)41-4)35(27(32)34)29(39)43-6)36-22-13-9-7-11-19(22)20-15-16-33(18-25(20)36)28(38)42-5/h7-14,24,27H,15-18H2,1-6H3/t24-,27+,32-/m0/s1. The molecule has 0 bridgehead atoms. The molecule has 0 aliphatic carbocycles. The van der Waals surface area contributed by atoms with Crippen molar-refractivity contribution in [1.29, 1.82) is 0 Å². The second-order valence-corrected chi connectivity index (χ2v) is 12.2. The summed E-state index contributed by atoms with van der Waals surface area (Å²) in [5.74, 6) is -0.646. The maximum absolute atomic E-state index is 14.1. The van der Waals surface area contributed by atoms with Gasteiger partial charge in [-0.25, -0.2) is 19.2 Å². The molecule has 4 heterocycles. The van der Waals surface area contributed by atoms with E-state index >= 15 is 0 Å². The molecule has 0 spiro atoms. The van der Waals surface area contributed by atoms with E-state index in [0.29, 0.717) is 18.7 Å². The van der Waals surface area contributed by atoms with Crippen LogP contribution in [0.2, 0.25) is 0 Å². The molecule has 232 valence electrons. The molecular formula is C32H36N4O8. The molecular weight excluding hydrogens is 568 g/mol. The number of aromatic nitrogens is 1. The van der Waals surface area contributed by atoms with E-state index in [1.807, 2.05) is 42.5 Å². The number of fused-ring (bicyclic) bond motifs is 6. The lowest BCUT2D eigenvalue weighted by atomic mass is 9.85. The molecule has 0 saturated carbocycles. The fraction of sp³-hybridized carbons (Fsp3) is 0.438. The number of hydrogen-bond acceptors (Lipinski definition) is 8. The highest BCUT2D eigenvalue weighted by atomic mass is 16.6. The predicted molar refractivity (Wildman–Crippen MR) is 159 cm³/mol. The topological polar surface area (TPSA) is 120 Å². The number of esters is 1. The Kier molecular flexibility index (Phi) is 6.97. The average Bonchev–Trinajstić information content (AvgIpc) is 3.62. The number of likely N-dealkylation sites (tertiary alicyclic amines) is 1. The number of carbonyl (C=O) groups excluding carboxylic acids is 4. The lowest BCUT2D eigenvalue weighted by molar-refractivity contribution is -0.145. The summed E-state index contributed by atoms with van der Waals surface area (Å²) in [5.41, 5.74) is 1.91. The summed E-state index contributed by atoms with van der Waals surface area (Å²) in [6.45, 7) is 5.98. The normalized spacial score (nSPS) is 22.3. The molecule has 3 aromatic rings. The second-order valence-electron chi connectivity index (χ2n) is 12.2. The number of methoxy groups -OCH3 is 3. The van der Waals surface area contributed by atoms with Crippen molar-refractivity contribution in [3.8, 4) is 0 Å². The number of rotatable bonds is 2. The molecule has 3 aliphatic heterocycles. The van der Waals surface area contributed by atoms with Crippen molar-refractivity contribution < 1.29 is 38.1 Å². The average molecular weight is 605 g/mol. The van der Waals surface area contributed by atoms with Crippen LogP contribution in [0.15, 0.2) is 48.5 Å². The van der Waals surface area contributed by atoms with Gasteiger partial charge in [0.15, 0.2) is 0 Å². The minimum atomic E-state index is -1.20. The van der Waals surface area contributed by atoms with Crippen LogP contribution in [0.4, 0.5) is 20.1 Å². The zero-order valence-electron chi connectivity index (χ0n) is 25.7. The van der Waals surface area contributed by atoms with E-state index in [-0.39, 0.29) is 13.0 Å². The molecule has 12 nitrogen and oxygen atoms in total. The van der Waals surface area contributed by atoms with Gasteiger partial charge in [0.2, 0.25) is 0 Å². The van der Waals surface area contributed by atoms with Gasteiger partial charge in [0.1, 0.15) is 23.3 Å². The summed E-state index contributed by atoms with van der Waals surface area (Å²) in [6, 6.07) is 14.2. The van der Waals surface area contributed by atoms with Gasteiger partial charge in [0.05, 0.1) is 33.6 Å². The van der Waals surface area contributed by atoms with E-state index in [1.165, 1.54) is 31.1 Å². The molecule has 44 heavy (non-hydrogen) atoms. The Labute approximate surface area is 255 Å². The van der Waals surface area contributed by atoms with Gasteiger partial charge in [-0.1, -0.05) is 36.4 Å². The van der Waals surface area contributed by atoms with Crippen LogP contribution >= 0.6 is 0 Å². The second kappa shape index (κ2) is 10.5. The van der Waals surface area contributed by atoms with E-state index < -0.39 is 47.6 Å². The van der Waals surface area contributed by atoms with Gasteiger partial charge < -0.3 is 28.4 Å². The first-order valence-electron chi connectivity index (χ1n) is 14.5. The number of nitrogens with zero attached hydrogens (tertiary/aromatic N) is 4. The van der Waals surface area contributed by atoms with Crippen LogP contribution in [-0.4, -0.2) is 84.3 Å². The first kappa shape index (κ1) is 29.3. The predicted octanol–water partition coefficient (Wildman–Crippen LogP) is 4.60. The van der Waals surface area contributed by atoms with E-state index in [1.54, 1.807) is 31.7 Å². The van der Waals surface area contributed by atoms with Gasteiger partial charge in [0, 0.05) is 35.1 Å². The Hall–Kier alpha value is -4.74. The lowest BCUT2D eigenvalue weighted by Gasteiger charge is -2.40. The fourth-order valence-corrected chi connectivity index (χ4v) is 7.22. The smallest absolute Gasteiger partial charge is 0.416 e. The Balaban J connectivity index is 1.70. The number of ether oxygens (including phenoxy) is 4. The molecule has 1 aromatic heterocycles. The highest BCUT2D eigenvalue weighted by molar-refractivity contribution is 5.97. The minimum absolute atomic E-state index is 0.0685. The Morgan fingerprint density at radius 2 is 1.55 bits per heavy atom. The molecule has 12 heteroatoms. The zero-order valence-corrected chi connectivity index (χ0v) is 25.7. The first-order chi connectivity index (χ1) is 21.0. The van der Waals surface area contributed by atoms with Gasteiger partial charge >= 0.3 is 24.2 Å². The molecule has 1 saturated heterocycles. The Morgan fingerprint density at radius 3 is 2.23 bits per heavy atom. The quantitative estimate of drug-likeness (QED) is 0.308. The molecule has 2 aromatic carbocycles. The number of para-hydroxylation sites is 2. The molecule has 0 radical (unpaired) electrons. The van der Waals surface area contributed by atoms with Crippen molar-refractivity contribution in [3.63, 3.8) is 0 Å². The lowest BCUT2D eigenvalue weighted by Crippen LogP contribution is -2.58. The van der Waals surface area contributed by atoms with Gasteiger partial charge in [0.25, 0.3) is 0 Å². The maximum Gasteiger partial charge on any atom is 0.416 e. The van der Waals surface area contributed by atoms with E-state index in [9.17, 15) is 19.2 Å². The van der Waals surface area contributed by atoms with Gasteiger partial charge in [-0.15, -0.1) is 0 Å². The Bertz CT molecular complexity index is 1680. The SMILES string of the molecule is COC(=O)[C@@H]1C[C@]2(n3c4c(c5ccccc53)CCN(C(=O)OC)C4)c3ccccc3N(C(=O)OC(C)(C)C)[C@@H]2N1C(=O)OC. The van der Waals surface area contributed by atoms with Crippen LogP contribution in [0.5, 0.6) is 0 Å². The molecule has 3 amide bonds. The summed E-state index contributed by atoms with van der Waals surface area (Å²) in [6.07, 6.45) is -2.39. The van der Waals surface area contributed by atoms with Gasteiger partial charge in [-0.05, 0) is 44.9 Å². The minimum Gasteiger partial charge on any atom is -0.467 e. The monoisotopic (exact) mass is 604 g/mol. The number of amides is 3. The summed E-state index contributed by atoms with van der Waals surface area (Å²) in [4.78, 5) is 58.4. The van der Waals surface area contributed by atoms with Crippen LogP contribution in [0.1, 0.15) is 44.0 Å². The summed E-state index contributed by atoms with van der Waals surface area (Å²) in [5, 5.41) is 0.986. The molecule has 0 N–H and O–H groups in total. The van der Waals surface area contributed by atoms with Crippen molar-refractivity contribution in [1.82, 2.24) is 14.4 Å². The fourth-order valence-electron chi connectivity index (χ4n) is 7.22. The maximum atomic E-state index is 14.1. The van der Waals surface area contributed by atoms with E-state index in [0.717, 1.165) is 27.7 Å². The van der Waals surface area contributed by atoms with Crippen molar-refractivity contribution in [3.05, 3.63) is 65.4 Å². The van der Waals surface area contributed by atoms with E-state index in [2.05, 4.69) is 4.57 Å². The van der Waals surface area contributed by atoms with Gasteiger partial charge in [-0.3, -0.25) is 9.80 Å². The zero-order chi connectivity index (χ0) is 31.6. The van der Waals surface area contributed by atoms with Crippen molar-refractivity contribution in [2.75, 3.05) is 32.8 Å². The van der Waals surface area contributed by atoms with Gasteiger partial charge in [-0.2, -0.15) is 0 Å². The van der Waals surface area contributed by atoms with Crippen molar-refractivity contribution in [2.45, 2.75) is 63.5 Å². The van der Waals surface area contributed by atoms with Crippen LogP contribution in [0.3, 0.4) is 0 Å². The number of anilines is 1. The van der Waals surface area contributed by atoms with Crippen LogP contribution < -0.4 is 4.90 Å². The van der Waals surface area contributed by atoms with E-state index in [4.69, 9.17) is 18.9 Å². The van der Waals surface area contributed by atoms with Crippen LogP contribution in [0.25, 0.3) is 10.9 Å². The third-order valence-electron chi connectivity index (χ3n) is 8.75. The Morgan fingerprint density at radius 1 is 0.864 bits per heavy atom. The van der Waals surface area contributed by atoms with Crippen molar-refractivity contribution >= 4 is 40.8 Å². The largest absolute Gasteiger partial charge is 0.467 e.